The van der Waals surface area contributed by atoms with Crippen molar-refractivity contribution in [3.05, 3.63) is 29.8 Å². The summed E-state index contributed by atoms with van der Waals surface area (Å²) in [6, 6.07) is 7.17. The van der Waals surface area contributed by atoms with Gasteiger partial charge in [0, 0.05) is 11.2 Å². The van der Waals surface area contributed by atoms with Crippen LogP contribution in [0, 0.1) is 11.6 Å². The van der Waals surface area contributed by atoms with Gasteiger partial charge in [-0.25, -0.2) is 4.57 Å². The van der Waals surface area contributed by atoms with E-state index in [0.29, 0.717) is 0 Å². The fraction of sp³-hybridized carbons (Fsp3) is 0.467. The third kappa shape index (κ3) is 5.79. The highest BCUT2D eigenvalue weighted by molar-refractivity contribution is 7.59. The molecule has 0 aliphatic heterocycles. The molecule has 0 aliphatic rings. The molecule has 0 aliphatic carbocycles. The van der Waals surface area contributed by atoms with E-state index in [1.807, 2.05) is 0 Å². The maximum absolute atomic E-state index is 12.5. The second kappa shape index (κ2) is 7.50. The zero-order valence-electron chi connectivity index (χ0n) is 12.5. The molecule has 0 bridgehead atoms. The normalized spacial score (nSPS) is 11.3. The lowest BCUT2D eigenvalue weighted by atomic mass is 10.2. The largest absolute Gasteiger partial charge is 0.497 e. The molecule has 110 valence electrons. The molecule has 1 aromatic carbocycles. The van der Waals surface area contributed by atoms with E-state index in [0.717, 1.165) is 11.3 Å². The lowest BCUT2D eigenvalue weighted by Crippen LogP contribution is -2.06. The Hall–Kier alpha value is -1.27. The van der Waals surface area contributed by atoms with Crippen LogP contribution in [0.3, 0.4) is 0 Å². The molecule has 4 nitrogen and oxygen atoms in total. The lowest BCUT2D eigenvalue weighted by molar-refractivity contribution is 0.151. The summed E-state index contributed by atoms with van der Waals surface area (Å²) in [5.41, 5.74) is 3.36. The van der Waals surface area contributed by atoms with Crippen molar-refractivity contribution in [3.8, 4) is 17.3 Å². The van der Waals surface area contributed by atoms with Crippen molar-refractivity contribution >= 4 is 7.60 Å². The van der Waals surface area contributed by atoms with Gasteiger partial charge in [0.1, 0.15) is 5.75 Å². The second-order valence-corrected chi connectivity index (χ2v) is 6.41. The molecule has 0 fully saturated rings. The van der Waals surface area contributed by atoms with Gasteiger partial charge in [0.2, 0.25) is 0 Å². The van der Waals surface area contributed by atoms with Gasteiger partial charge in [0.25, 0.3) is 0 Å². The molecular formula is C15H21O4P. The van der Waals surface area contributed by atoms with Crippen molar-refractivity contribution in [3.63, 3.8) is 0 Å². The zero-order chi connectivity index (χ0) is 15.2. The van der Waals surface area contributed by atoms with E-state index < -0.39 is 7.60 Å². The van der Waals surface area contributed by atoms with Crippen molar-refractivity contribution in [2.45, 2.75) is 39.9 Å². The first-order valence-corrected chi connectivity index (χ1v) is 8.03. The Balaban J connectivity index is 2.94. The van der Waals surface area contributed by atoms with Crippen LogP contribution >= 0.6 is 7.60 Å². The summed E-state index contributed by atoms with van der Waals surface area (Å²) in [7, 11) is -1.81. The van der Waals surface area contributed by atoms with E-state index in [1.54, 1.807) is 59.1 Å². The Labute approximate surface area is 121 Å². The van der Waals surface area contributed by atoms with Gasteiger partial charge in [0.15, 0.2) is 0 Å². The SMILES string of the molecule is COc1ccc(C#CP(=O)(OC(C)C)OC(C)C)cc1. The monoisotopic (exact) mass is 296 g/mol. The number of benzene rings is 1. The molecule has 0 N–H and O–H groups in total. The predicted molar refractivity (Wildman–Crippen MR) is 79.9 cm³/mol. The van der Waals surface area contributed by atoms with Crippen LogP contribution in [0.25, 0.3) is 0 Å². The number of methoxy groups -OCH3 is 1. The highest BCUT2D eigenvalue weighted by Gasteiger charge is 2.25. The van der Waals surface area contributed by atoms with Crippen molar-refractivity contribution in [1.82, 2.24) is 0 Å². The number of ether oxygens (including phenoxy) is 1. The van der Waals surface area contributed by atoms with Gasteiger partial charge in [-0.2, -0.15) is 0 Å². The van der Waals surface area contributed by atoms with E-state index >= 15 is 0 Å². The van der Waals surface area contributed by atoms with E-state index in [-0.39, 0.29) is 12.2 Å². The highest BCUT2D eigenvalue weighted by atomic mass is 31.2. The standard InChI is InChI=1S/C15H21O4P/c1-12(2)18-20(16,19-13(3)4)11-10-14-6-8-15(17-5)9-7-14/h6-9,12-13H,1-5H3. The van der Waals surface area contributed by atoms with Crippen LogP contribution in [0.15, 0.2) is 24.3 Å². The summed E-state index contributed by atoms with van der Waals surface area (Å²) >= 11 is 0. The number of hydrogen-bond donors (Lipinski definition) is 0. The molecule has 0 heterocycles. The first-order chi connectivity index (χ1) is 9.34. The van der Waals surface area contributed by atoms with Crippen molar-refractivity contribution < 1.29 is 18.3 Å². The van der Waals surface area contributed by atoms with Crippen LogP contribution < -0.4 is 4.74 Å². The molecule has 0 saturated carbocycles. The quantitative estimate of drug-likeness (QED) is 0.607. The smallest absolute Gasteiger partial charge is 0.406 e. The zero-order valence-corrected chi connectivity index (χ0v) is 13.4. The topological polar surface area (TPSA) is 44.8 Å². The molecule has 0 radical (unpaired) electrons. The first-order valence-electron chi connectivity index (χ1n) is 6.49. The molecule has 1 aromatic rings. The Kier molecular flexibility index (Phi) is 6.29. The molecule has 20 heavy (non-hydrogen) atoms. The molecule has 0 amide bonds. The van der Waals surface area contributed by atoms with Crippen LogP contribution in [0.5, 0.6) is 5.75 Å². The van der Waals surface area contributed by atoms with Gasteiger partial charge < -0.3 is 4.74 Å². The molecule has 0 atom stereocenters. The second-order valence-electron chi connectivity index (χ2n) is 4.77. The lowest BCUT2D eigenvalue weighted by Gasteiger charge is -2.17. The van der Waals surface area contributed by atoms with E-state index in [2.05, 4.69) is 11.6 Å². The predicted octanol–water partition coefficient (Wildman–Crippen LogP) is 4.05. The average molecular weight is 296 g/mol. The summed E-state index contributed by atoms with van der Waals surface area (Å²) in [4.78, 5) is 0. The van der Waals surface area contributed by atoms with Crippen LogP contribution in [-0.2, 0) is 13.6 Å². The molecule has 1 rings (SSSR count). The minimum atomic E-state index is -3.41. The van der Waals surface area contributed by atoms with E-state index in [9.17, 15) is 4.57 Å². The fourth-order valence-corrected chi connectivity index (χ4v) is 2.97. The van der Waals surface area contributed by atoms with Gasteiger partial charge >= 0.3 is 7.60 Å². The number of hydrogen-bond acceptors (Lipinski definition) is 4. The fourth-order valence-electron chi connectivity index (χ4n) is 1.44. The van der Waals surface area contributed by atoms with Crippen LogP contribution in [0.1, 0.15) is 33.3 Å². The molecule has 0 aromatic heterocycles. The summed E-state index contributed by atoms with van der Waals surface area (Å²) in [6.07, 6.45) is -0.436. The summed E-state index contributed by atoms with van der Waals surface area (Å²) in [5.74, 6) is 3.57. The van der Waals surface area contributed by atoms with Crippen LogP contribution in [0.2, 0.25) is 0 Å². The Bertz CT molecular complexity index is 509. The van der Waals surface area contributed by atoms with E-state index in [4.69, 9.17) is 13.8 Å². The van der Waals surface area contributed by atoms with Gasteiger partial charge in [-0.15, -0.1) is 0 Å². The highest BCUT2D eigenvalue weighted by Crippen LogP contribution is 2.49. The summed E-state index contributed by atoms with van der Waals surface area (Å²) < 4.78 is 28.3. The van der Waals surface area contributed by atoms with Gasteiger partial charge in [-0.05, 0) is 52.0 Å². The third-order valence-corrected chi connectivity index (χ3v) is 3.91. The molecular weight excluding hydrogens is 275 g/mol. The third-order valence-electron chi connectivity index (χ3n) is 2.13. The minimum Gasteiger partial charge on any atom is -0.497 e. The molecule has 0 saturated heterocycles. The van der Waals surface area contributed by atoms with Crippen LogP contribution in [-0.4, -0.2) is 19.3 Å². The van der Waals surface area contributed by atoms with Crippen molar-refractivity contribution in [2.75, 3.05) is 7.11 Å². The van der Waals surface area contributed by atoms with Crippen molar-refractivity contribution in [2.24, 2.45) is 0 Å². The first kappa shape index (κ1) is 16.8. The maximum Gasteiger partial charge on any atom is 0.406 e. The van der Waals surface area contributed by atoms with Gasteiger partial charge in [-0.1, -0.05) is 5.92 Å². The molecule has 0 spiro atoms. The summed E-state index contributed by atoms with van der Waals surface area (Å²) in [5, 5.41) is 0. The van der Waals surface area contributed by atoms with Crippen molar-refractivity contribution in [1.29, 1.82) is 0 Å². The minimum absolute atomic E-state index is 0.218. The Morgan fingerprint density at radius 1 is 1.00 bits per heavy atom. The molecule has 0 unspecified atom stereocenters. The molecule has 5 heteroatoms. The van der Waals surface area contributed by atoms with E-state index in [1.165, 1.54) is 0 Å². The van der Waals surface area contributed by atoms with Gasteiger partial charge in [-0.3, -0.25) is 9.05 Å². The van der Waals surface area contributed by atoms with Gasteiger partial charge in [0.05, 0.1) is 19.3 Å². The van der Waals surface area contributed by atoms with Crippen LogP contribution in [0.4, 0.5) is 0 Å². The summed E-state index contributed by atoms with van der Waals surface area (Å²) in [6.45, 7) is 7.19. The average Bonchev–Trinajstić information content (AvgIpc) is 2.35. The number of rotatable bonds is 5. The maximum atomic E-state index is 12.5. The Morgan fingerprint density at radius 3 is 1.90 bits per heavy atom. The Morgan fingerprint density at radius 2 is 1.50 bits per heavy atom.